The molecule has 25 heavy (non-hydrogen) atoms. The van der Waals surface area contributed by atoms with Gasteiger partial charge in [-0.15, -0.1) is 0 Å². The molecule has 0 aliphatic carbocycles. The van der Waals surface area contributed by atoms with Gasteiger partial charge in [-0.2, -0.15) is 0 Å². The van der Waals surface area contributed by atoms with E-state index in [1.54, 1.807) is 36.4 Å². The largest absolute Gasteiger partial charge is 0.490 e. The first kappa shape index (κ1) is 18.1. The average molecular weight is 344 g/mol. The highest BCUT2D eigenvalue weighted by Crippen LogP contribution is 2.25. The number of nitrogens with one attached hydrogen (secondary N) is 2. The Morgan fingerprint density at radius 3 is 2.28 bits per heavy atom. The summed E-state index contributed by atoms with van der Waals surface area (Å²) in [6, 6.07) is 13.2. The number of carbonyl (C=O) groups excluding carboxylic acids is 2. The summed E-state index contributed by atoms with van der Waals surface area (Å²) in [6.45, 7) is 2.33. The lowest BCUT2D eigenvalue weighted by atomic mass is 10.2. The minimum absolute atomic E-state index is 0.0592. The summed E-state index contributed by atoms with van der Waals surface area (Å²) < 4.78 is 15.6. The van der Waals surface area contributed by atoms with Gasteiger partial charge in [0.2, 0.25) is 0 Å². The van der Waals surface area contributed by atoms with Gasteiger partial charge in [-0.1, -0.05) is 24.3 Å². The van der Waals surface area contributed by atoms with Crippen molar-refractivity contribution in [2.75, 3.05) is 25.8 Å². The minimum atomic E-state index is -0.530. The number of urea groups is 1. The Bertz CT molecular complexity index is 733. The van der Waals surface area contributed by atoms with Crippen molar-refractivity contribution in [1.82, 2.24) is 5.32 Å². The number of carbonyl (C=O) groups is 2. The van der Waals surface area contributed by atoms with Crippen LogP contribution in [0, 0.1) is 0 Å². The van der Waals surface area contributed by atoms with E-state index in [-0.39, 0.29) is 12.3 Å². The van der Waals surface area contributed by atoms with Crippen molar-refractivity contribution < 1.29 is 23.8 Å². The number of para-hydroxylation sites is 3. The van der Waals surface area contributed by atoms with E-state index in [1.807, 2.05) is 19.1 Å². The molecule has 0 spiro atoms. The molecule has 0 aliphatic rings. The molecule has 2 amide bonds. The van der Waals surface area contributed by atoms with Gasteiger partial charge in [-0.25, -0.2) is 9.59 Å². The SMILES string of the molecule is CCOc1ccccc1OCNC(=O)Nc1ccccc1C(=O)OC. The summed E-state index contributed by atoms with van der Waals surface area (Å²) >= 11 is 0. The number of anilines is 1. The van der Waals surface area contributed by atoms with Crippen molar-refractivity contribution in [1.29, 1.82) is 0 Å². The van der Waals surface area contributed by atoms with E-state index in [0.717, 1.165) is 0 Å². The maximum atomic E-state index is 12.0. The predicted octanol–water partition coefficient (Wildman–Crippen LogP) is 3.03. The Morgan fingerprint density at radius 2 is 1.60 bits per heavy atom. The van der Waals surface area contributed by atoms with Crippen LogP contribution in [-0.2, 0) is 4.74 Å². The Morgan fingerprint density at radius 1 is 0.960 bits per heavy atom. The topological polar surface area (TPSA) is 85.9 Å². The van der Waals surface area contributed by atoms with Crippen LogP contribution in [-0.4, -0.2) is 32.4 Å². The molecule has 2 aromatic rings. The summed E-state index contributed by atoms with van der Waals surface area (Å²) in [5, 5.41) is 5.14. The van der Waals surface area contributed by atoms with Gasteiger partial charge >= 0.3 is 12.0 Å². The number of rotatable bonds is 7. The predicted molar refractivity (Wildman–Crippen MR) is 93.0 cm³/mol. The molecular weight excluding hydrogens is 324 g/mol. The molecule has 0 bridgehead atoms. The van der Waals surface area contributed by atoms with Gasteiger partial charge in [-0.05, 0) is 31.2 Å². The monoisotopic (exact) mass is 344 g/mol. The van der Waals surface area contributed by atoms with Crippen molar-refractivity contribution in [2.24, 2.45) is 0 Å². The number of hydrogen-bond acceptors (Lipinski definition) is 5. The number of ether oxygens (including phenoxy) is 3. The van der Waals surface area contributed by atoms with E-state index in [4.69, 9.17) is 9.47 Å². The van der Waals surface area contributed by atoms with Gasteiger partial charge in [0.05, 0.1) is 25.0 Å². The van der Waals surface area contributed by atoms with E-state index in [2.05, 4.69) is 15.4 Å². The number of amides is 2. The van der Waals surface area contributed by atoms with Gasteiger partial charge in [0.25, 0.3) is 0 Å². The van der Waals surface area contributed by atoms with Gasteiger partial charge in [0.1, 0.15) is 0 Å². The van der Waals surface area contributed by atoms with Crippen LogP contribution in [0.1, 0.15) is 17.3 Å². The van der Waals surface area contributed by atoms with Crippen LogP contribution >= 0.6 is 0 Å². The number of methoxy groups -OCH3 is 1. The number of hydrogen-bond donors (Lipinski definition) is 2. The van der Waals surface area contributed by atoms with E-state index in [0.29, 0.717) is 23.8 Å². The van der Waals surface area contributed by atoms with Crippen LogP contribution in [0.3, 0.4) is 0 Å². The Kier molecular flexibility index (Phi) is 6.65. The smallest absolute Gasteiger partial charge is 0.339 e. The molecule has 2 rings (SSSR count). The summed E-state index contributed by atoms with van der Waals surface area (Å²) in [6.07, 6.45) is 0. The minimum Gasteiger partial charge on any atom is -0.490 e. The third-order valence-electron chi connectivity index (χ3n) is 3.19. The summed E-state index contributed by atoms with van der Waals surface area (Å²) in [7, 11) is 1.28. The molecule has 0 saturated heterocycles. The summed E-state index contributed by atoms with van der Waals surface area (Å²) in [5.74, 6) is 0.598. The third kappa shape index (κ3) is 5.13. The van der Waals surface area contributed by atoms with Crippen molar-refractivity contribution in [3.63, 3.8) is 0 Å². The highest BCUT2D eigenvalue weighted by atomic mass is 16.5. The molecule has 0 unspecified atom stereocenters. The molecular formula is C18H20N2O5. The van der Waals surface area contributed by atoms with Crippen LogP contribution in [0.2, 0.25) is 0 Å². The van der Waals surface area contributed by atoms with E-state index in [9.17, 15) is 9.59 Å². The fraction of sp³-hybridized carbons (Fsp3) is 0.222. The van der Waals surface area contributed by atoms with Gasteiger partial charge in [-0.3, -0.25) is 0 Å². The van der Waals surface area contributed by atoms with Crippen LogP contribution < -0.4 is 20.1 Å². The second-order valence-electron chi connectivity index (χ2n) is 4.84. The standard InChI is InChI=1S/C18H20N2O5/c1-3-24-15-10-6-7-11-16(15)25-12-19-18(22)20-14-9-5-4-8-13(14)17(21)23-2/h4-11H,3,12H2,1-2H3,(H2,19,20,22). The molecule has 2 N–H and O–H groups in total. The van der Waals surface area contributed by atoms with E-state index < -0.39 is 12.0 Å². The van der Waals surface area contributed by atoms with Crippen molar-refractivity contribution in [2.45, 2.75) is 6.92 Å². The fourth-order valence-corrected chi connectivity index (χ4v) is 2.07. The highest BCUT2D eigenvalue weighted by molar-refractivity contribution is 6.00. The van der Waals surface area contributed by atoms with Gasteiger partial charge < -0.3 is 24.8 Å². The fourth-order valence-electron chi connectivity index (χ4n) is 2.07. The molecule has 2 aromatic carbocycles. The summed E-state index contributed by atoms with van der Waals surface area (Å²) in [5.41, 5.74) is 0.615. The molecule has 7 nitrogen and oxygen atoms in total. The first-order chi connectivity index (χ1) is 12.2. The first-order valence-corrected chi connectivity index (χ1v) is 7.72. The van der Waals surface area contributed by atoms with E-state index in [1.165, 1.54) is 7.11 Å². The van der Waals surface area contributed by atoms with Crippen LogP contribution in [0.5, 0.6) is 11.5 Å². The van der Waals surface area contributed by atoms with Crippen LogP contribution in [0.4, 0.5) is 10.5 Å². The molecule has 0 aromatic heterocycles. The molecule has 0 fully saturated rings. The second-order valence-corrected chi connectivity index (χ2v) is 4.84. The average Bonchev–Trinajstić information content (AvgIpc) is 2.63. The quantitative estimate of drug-likeness (QED) is 0.596. The Balaban J connectivity index is 1.91. The Hall–Kier alpha value is -3.22. The molecule has 7 heteroatoms. The van der Waals surface area contributed by atoms with Crippen molar-refractivity contribution >= 4 is 17.7 Å². The van der Waals surface area contributed by atoms with Gasteiger partial charge in [0.15, 0.2) is 18.2 Å². The normalized spacial score (nSPS) is 9.84. The maximum absolute atomic E-state index is 12.0. The second kappa shape index (κ2) is 9.17. The lowest BCUT2D eigenvalue weighted by molar-refractivity contribution is 0.0602. The molecule has 0 aliphatic heterocycles. The summed E-state index contributed by atoms with van der Waals surface area (Å²) in [4.78, 5) is 23.7. The van der Waals surface area contributed by atoms with Crippen LogP contribution in [0.25, 0.3) is 0 Å². The zero-order valence-corrected chi connectivity index (χ0v) is 14.1. The third-order valence-corrected chi connectivity index (χ3v) is 3.19. The van der Waals surface area contributed by atoms with E-state index >= 15 is 0 Å². The van der Waals surface area contributed by atoms with Crippen LogP contribution in [0.15, 0.2) is 48.5 Å². The zero-order valence-electron chi connectivity index (χ0n) is 14.1. The maximum Gasteiger partial charge on any atom is 0.339 e. The highest BCUT2D eigenvalue weighted by Gasteiger charge is 2.13. The van der Waals surface area contributed by atoms with Gasteiger partial charge in [0, 0.05) is 0 Å². The number of esters is 1. The Labute approximate surface area is 145 Å². The van der Waals surface area contributed by atoms with Crippen molar-refractivity contribution in [3.8, 4) is 11.5 Å². The molecule has 0 saturated carbocycles. The molecule has 0 radical (unpaired) electrons. The lowest BCUT2D eigenvalue weighted by Gasteiger charge is -2.13. The first-order valence-electron chi connectivity index (χ1n) is 7.72. The lowest BCUT2D eigenvalue weighted by Crippen LogP contribution is -2.32. The number of benzene rings is 2. The molecule has 0 atom stereocenters. The van der Waals surface area contributed by atoms with Crippen molar-refractivity contribution in [3.05, 3.63) is 54.1 Å². The zero-order chi connectivity index (χ0) is 18.1. The molecule has 0 heterocycles. The molecule has 132 valence electrons.